The van der Waals surface area contributed by atoms with Crippen LogP contribution in [0.25, 0.3) is 0 Å². The van der Waals surface area contributed by atoms with Crippen LogP contribution in [0.5, 0.6) is 5.75 Å². The molecule has 17 heteroatoms. The number of rotatable bonds is 11. The number of aromatic nitrogens is 1. The molecule has 3 amide bonds. The Hall–Kier alpha value is -4.61. The van der Waals surface area contributed by atoms with Gasteiger partial charge in [-0.25, -0.2) is 13.6 Å². The molecule has 0 saturated carbocycles. The lowest BCUT2D eigenvalue weighted by molar-refractivity contribution is -0.125. The lowest BCUT2D eigenvalue weighted by Crippen LogP contribution is -2.49. The van der Waals surface area contributed by atoms with Crippen molar-refractivity contribution in [2.24, 2.45) is 0 Å². The van der Waals surface area contributed by atoms with Gasteiger partial charge in [-0.15, -0.1) is 0 Å². The molecule has 0 aliphatic carbocycles. The van der Waals surface area contributed by atoms with Gasteiger partial charge in [-0.1, -0.05) is 6.07 Å². The van der Waals surface area contributed by atoms with E-state index in [1.54, 1.807) is 6.92 Å². The van der Waals surface area contributed by atoms with Crippen LogP contribution in [0.4, 0.5) is 13.6 Å². The minimum atomic E-state index is -1.28. The highest BCUT2D eigenvalue weighted by atomic mass is 19.1. The maximum atomic E-state index is 14.1. The summed E-state index contributed by atoms with van der Waals surface area (Å²) in [5.74, 6) is -4.34. The summed E-state index contributed by atoms with van der Waals surface area (Å²) in [5.41, 5.74) is -1.68. The van der Waals surface area contributed by atoms with Crippen LogP contribution in [0, 0.1) is 11.6 Å². The molecule has 15 nitrogen and oxygen atoms in total. The average molecular weight is 650 g/mol. The van der Waals surface area contributed by atoms with Crippen LogP contribution in [0.15, 0.2) is 29.2 Å². The van der Waals surface area contributed by atoms with E-state index in [9.17, 15) is 32.8 Å². The molecule has 2 atom stereocenters. The van der Waals surface area contributed by atoms with Crippen LogP contribution >= 0.6 is 0 Å². The Morgan fingerprint density at radius 3 is 2.63 bits per heavy atom. The van der Waals surface area contributed by atoms with Crippen LogP contribution < -0.4 is 20.8 Å². The first-order valence-corrected chi connectivity index (χ1v) is 14.6. The van der Waals surface area contributed by atoms with E-state index in [0.717, 1.165) is 31.4 Å². The summed E-state index contributed by atoms with van der Waals surface area (Å²) in [6.45, 7) is 3.88. The van der Waals surface area contributed by atoms with Gasteiger partial charge in [-0.05, 0) is 13.0 Å². The second kappa shape index (κ2) is 14.7. The Bertz CT molecular complexity index is 1550. The molecule has 248 valence electrons. The Balaban J connectivity index is 1.23. The molecular formula is C29H33F2N5O10. The standard InChI is InChI=1S/C29H33F2N5O10/c1-17-14-43-23-13-35-12-20(27(39)33-11-18-2-3-19(30)10-21(18)31)25(38)26(24(35)28(40)36(17)23)45-16-46-29(41)44-15-22(37)32-4-5-34-6-8-42-9-7-34/h2-3,10,12,17,23H,4-9,11,13-16H2,1H3,(H,32,37)(H,33,39)/t17-,23?/m0/s1. The first-order chi connectivity index (χ1) is 22.1. The fraction of sp³-hybridized carbons (Fsp3) is 0.483. The fourth-order valence-corrected chi connectivity index (χ4v) is 5.22. The molecule has 2 saturated heterocycles. The van der Waals surface area contributed by atoms with Crippen molar-refractivity contribution in [2.45, 2.75) is 32.3 Å². The van der Waals surface area contributed by atoms with Crippen molar-refractivity contribution in [3.8, 4) is 5.75 Å². The summed E-state index contributed by atoms with van der Waals surface area (Å²) in [6, 6.07) is 2.52. The van der Waals surface area contributed by atoms with Gasteiger partial charge >= 0.3 is 6.16 Å². The highest BCUT2D eigenvalue weighted by Crippen LogP contribution is 2.30. The van der Waals surface area contributed by atoms with Gasteiger partial charge in [0.15, 0.2) is 18.5 Å². The van der Waals surface area contributed by atoms with Crippen molar-refractivity contribution < 1.29 is 51.6 Å². The molecule has 2 aromatic rings. The number of carbonyl (C=O) groups is 4. The van der Waals surface area contributed by atoms with Gasteiger partial charge in [0.05, 0.1) is 32.4 Å². The lowest BCUT2D eigenvalue weighted by Gasteiger charge is -2.34. The van der Waals surface area contributed by atoms with E-state index in [0.29, 0.717) is 32.4 Å². The van der Waals surface area contributed by atoms with Gasteiger partial charge in [-0.2, -0.15) is 0 Å². The number of morpholine rings is 1. The molecule has 2 fully saturated rings. The van der Waals surface area contributed by atoms with Gasteiger partial charge in [0, 0.05) is 50.6 Å². The Morgan fingerprint density at radius 2 is 1.87 bits per heavy atom. The topological polar surface area (TPSA) is 167 Å². The number of amides is 3. The van der Waals surface area contributed by atoms with E-state index in [4.69, 9.17) is 23.7 Å². The molecule has 3 aliphatic heterocycles. The largest absolute Gasteiger partial charge is 0.511 e. The van der Waals surface area contributed by atoms with E-state index in [1.165, 1.54) is 9.47 Å². The maximum absolute atomic E-state index is 14.1. The first-order valence-electron chi connectivity index (χ1n) is 14.6. The number of nitrogens with one attached hydrogen (secondary N) is 2. The summed E-state index contributed by atoms with van der Waals surface area (Å²) >= 11 is 0. The van der Waals surface area contributed by atoms with Gasteiger partial charge in [0.1, 0.15) is 17.2 Å². The molecule has 1 unspecified atom stereocenters. The minimum Gasteiger partial charge on any atom is -0.451 e. The predicted molar refractivity (Wildman–Crippen MR) is 152 cm³/mol. The zero-order chi connectivity index (χ0) is 32.8. The summed E-state index contributed by atoms with van der Waals surface area (Å²) in [4.78, 5) is 67.7. The molecule has 0 spiro atoms. The molecular weight excluding hydrogens is 616 g/mol. The van der Waals surface area contributed by atoms with Crippen LogP contribution in [0.1, 0.15) is 33.3 Å². The van der Waals surface area contributed by atoms with Crippen LogP contribution in [-0.2, 0) is 36.8 Å². The Morgan fingerprint density at radius 1 is 1.09 bits per heavy atom. The average Bonchev–Trinajstić information content (AvgIpc) is 3.41. The molecule has 1 aromatic heterocycles. The molecule has 2 N–H and O–H groups in total. The lowest BCUT2D eigenvalue weighted by atomic mass is 10.1. The second-order valence-corrected chi connectivity index (χ2v) is 10.7. The van der Waals surface area contributed by atoms with Gasteiger partial charge < -0.3 is 43.8 Å². The predicted octanol–water partition coefficient (Wildman–Crippen LogP) is 0.195. The summed E-state index contributed by atoms with van der Waals surface area (Å²) in [5, 5.41) is 5.02. The minimum absolute atomic E-state index is 0.0267. The Kier molecular flexibility index (Phi) is 10.4. The van der Waals surface area contributed by atoms with E-state index >= 15 is 0 Å². The van der Waals surface area contributed by atoms with Crippen LogP contribution in [0.2, 0.25) is 0 Å². The van der Waals surface area contributed by atoms with E-state index < -0.39 is 71.9 Å². The zero-order valence-electron chi connectivity index (χ0n) is 24.9. The van der Waals surface area contributed by atoms with Crippen molar-refractivity contribution in [2.75, 3.05) is 59.4 Å². The highest BCUT2D eigenvalue weighted by molar-refractivity contribution is 5.99. The van der Waals surface area contributed by atoms with E-state index in [2.05, 4.69) is 15.5 Å². The summed E-state index contributed by atoms with van der Waals surface area (Å²) in [6.07, 6.45) is -0.781. The number of hydrogen-bond donors (Lipinski definition) is 2. The number of hydrogen-bond acceptors (Lipinski definition) is 11. The monoisotopic (exact) mass is 649 g/mol. The normalized spacial score (nSPS) is 19.2. The molecule has 0 radical (unpaired) electrons. The molecule has 0 bridgehead atoms. The van der Waals surface area contributed by atoms with Crippen molar-refractivity contribution in [3.63, 3.8) is 0 Å². The maximum Gasteiger partial charge on any atom is 0.511 e. The van der Waals surface area contributed by atoms with Crippen LogP contribution in [0.3, 0.4) is 0 Å². The van der Waals surface area contributed by atoms with Gasteiger partial charge in [-0.3, -0.25) is 24.1 Å². The number of carbonyl (C=O) groups excluding carboxylic acids is 4. The first kappa shape index (κ1) is 32.8. The van der Waals surface area contributed by atoms with E-state index in [1.807, 2.05) is 0 Å². The number of benzene rings is 1. The quantitative estimate of drug-likeness (QED) is 0.252. The number of ether oxygens (including phenoxy) is 5. The highest BCUT2D eigenvalue weighted by Gasteiger charge is 2.43. The number of nitrogens with zero attached hydrogens (tertiary/aromatic N) is 3. The molecule has 5 rings (SSSR count). The van der Waals surface area contributed by atoms with Gasteiger partial charge in [0.25, 0.3) is 17.7 Å². The van der Waals surface area contributed by atoms with E-state index in [-0.39, 0.29) is 37.0 Å². The second-order valence-electron chi connectivity index (χ2n) is 10.7. The number of halogens is 2. The third-order valence-electron chi connectivity index (χ3n) is 7.60. The van der Waals surface area contributed by atoms with Crippen molar-refractivity contribution in [1.82, 2.24) is 25.0 Å². The molecule has 4 heterocycles. The SMILES string of the molecule is C[C@H]1COC2Cn3cc(C(=O)NCc4ccc(F)cc4F)c(=O)c(OCOC(=O)OCC(=O)NCCN4CCOCC4)c3C(=O)N21. The third-order valence-corrected chi connectivity index (χ3v) is 7.60. The third kappa shape index (κ3) is 7.60. The fourth-order valence-electron chi connectivity index (χ4n) is 5.22. The van der Waals surface area contributed by atoms with Gasteiger partial charge in [0.2, 0.25) is 18.0 Å². The summed E-state index contributed by atoms with van der Waals surface area (Å²) in [7, 11) is 0. The Labute approximate surface area is 261 Å². The van der Waals surface area contributed by atoms with Crippen molar-refractivity contribution >= 4 is 23.9 Å². The van der Waals surface area contributed by atoms with Crippen molar-refractivity contribution in [3.05, 3.63) is 63.1 Å². The van der Waals surface area contributed by atoms with Crippen molar-refractivity contribution in [1.29, 1.82) is 0 Å². The molecule has 3 aliphatic rings. The molecule has 46 heavy (non-hydrogen) atoms. The zero-order valence-corrected chi connectivity index (χ0v) is 24.9. The van der Waals surface area contributed by atoms with Crippen LogP contribution in [-0.4, -0.2) is 110 Å². The molecule has 1 aromatic carbocycles. The number of pyridine rings is 1. The number of fused-ring (bicyclic) bond motifs is 2. The smallest absolute Gasteiger partial charge is 0.451 e. The summed E-state index contributed by atoms with van der Waals surface area (Å²) < 4.78 is 54.7.